The topological polar surface area (TPSA) is 25.8 Å². The highest BCUT2D eigenvalue weighted by atomic mass is 32.1. The average molecular weight is 497 g/mol. The van der Waals surface area contributed by atoms with E-state index in [1.54, 1.807) is 11.3 Å². The Morgan fingerprint density at radius 3 is 1.86 bits per heavy atom. The van der Waals surface area contributed by atoms with Gasteiger partial charge in [-0.15, -0.1) is 22.7 Å². The normalized spacial score (nSPS) is 11.3. The maximum absolute atomic E-state index is 5.05. The second kappa shape index (κ2) is 8.83. The fourth-order valence-electron chi connectivity index (χ4n) is 4.52. The Hall–Kier alpha value is -4.12. The molecule has 4 aromatic carbocycles. The Kier molecular flexibility index (Phi) is 5.20. The van der Waals surface area contributed by atoms with Crippen molar-refractivity contribution in [3.63, 3.8) is 0 Å². The molecule has 0 saturated carbocycles. The quantitative estimate of drug-likeness (QED) is 0.242. The monoisotopic (exact) mass is 496 g/mol. The number of thiophene rings is 1. The molecule has 3 heterocycles. The van der Waals surface area contributed by atoms with Crippen molar-refractivity contribution in [1.29, 1.82) is 0 Å². The first kappa shape index (κ1) is 21.2. The molecular weight excluding hydrogens is 477 g/mol. The molecule has 0 saturated heterocycles. The van der Waals surface area contributed by atoms with Gasteiger partial charge in [-0.25, -0.2) is 9.97 Å². The lowest BCUT2D eigenvalue weighted by molar-refractivity contribution is 1.32. The third-order valence-electron chi connectivity index (χ3n) is 6.32. The van der Waals surface area contributed by atoms with Crippen LogP contribution >= 0.6 is 22.7 Å². The van der Waals surface area contributed by atoms with Gasteiger partial charge in [-0.05, 0) is 59.5 Å². The van der Waals surface area contributed by atoms with Gasteiger partial charge in [0, 0.05) is 26.3 Å². The standard InChI is InChI=1S/C32H20N2S2/c1-3-16-29-24(8-1)20-31(35-29)23-11-5-9-21(18-23)26-14-7-15-27(33-26)22-10-6-12-25(19-22)32-34-28-13-2-4-17-30(28)36-32/h1-20H. The second-order valence-corrected chi connectivity index (χ2v) is 10.8. The van der Waals surface area contributed by atoms with Crippen LogP contribution in [0.4, 0.5) is 0 Å². The van der Waals surface area contributed by atoms with Crippen molar-refractivity contribution in [2.45, 2.75) is 0 Å². The molecule has 3 aromatic heterocycles. The minimum absolute atomic E-state index is 0.961. The largest absolute Gasteiger partial charge is 0.248 e. The fraction of sp³-hybridized carbons (Fsp3) is 0. The number of para-hydroxylation sites is 1. The summed E-state index contributed by atoms with van der Waals surface area (Å²) in [7, 11) is 0. The zero-order valence-electron chi connectivity index (χ0n) is 19.3. The summed E-state index contributed by atoms with van der Waals surface area (Å²) in [5, 5.41) is 2.32. The van der Waals surface area contributed by atoms with Crippen LogP contribution in [-0.2, 0) is 0 Å². The minimum atomic E-state index is 0.961. The van der Waals surface area contributed by atoms with Gasteiger partial charge >= 0.3 is 0 Å². The lowest BCUT2D eigenvalue weighted by atomic mass is 10.0. The number of rotatable bonds is 4. The van der Waals surface area contributed by atoms with Gasteiger partial charge in [0.05, 0.1) is 21.6 Å². The highest BCUT2D eigenvalue weighted by Gasteiger charge is 2.10. The van der Waals surface area contributed by atoms with Crippen LogP contribution in [0.2, 0.25) is 0 Å². The van der Waals surface area contributed by atoms with Crippen LogP contribution in [0.5, 0.6) is 0 Å². The molecule has 0 radical (unpaired) electrons. The van der Waals surface area contributed by atoms with Crippen LogP contribution in [0.15, 0.2) is 121 Å². The van der Waals surface area contributed by atoms with Crippen LogP contribution in [0.1, 0.15) is 0 Å². The molecule has 0 atom stereocenters. The van der Waals surface area contributed by atoms with E-state index in [9.17, 15) is 0 Å². The zero-order chi connectivity index (χ0) is 23.9. The van der Waals surface area contributed by atoms with Crippen LogP contribution in [0.3, 0.4) is 0 Å². The van der Waals surface area contributed by atoms with E-state index in [0.29, 0.717) is 0 Å². The molecule has 0 aliphatic rings. The predicted octanol–water partition coefficient (Wildman–Crippen LogP) is 9.57. The molecule has 4 heteroatoms. The van der Waals surface area contributed by atoms with Crippen molar-refractivity contribution in [1.82, 2.24) is 9.97 Å². The van der Waals surface area contributed by atoms with Crippen molar-refractivity contribution >= 4 is 43.0 Å². The van der Waals surface area contributed by atoms with E-state index in [1.807, 2.05) is 17.4 Å². The van der Waals surface area contributed by atoms with Crippen LogP contribution < -0.4 is 0 Å². The SMILES string of the molecule is c1cc(-c2cccc(-c3cccc(-c4nc5ccccc5s4)c3)n2)cc(-c2cc3ccccc3s2)c1. The van der Waals surface area contributed by atoms with Crippen molar-refractivity contribution in [3.05, 3.63) is 121 Å². The van der Waals surface area contributed by atoms with Crippen molar-refractivity contribution in [3.8, 4) is 43.5 Å². The highest BCUT2D eigenvalue weighted by Crippen LogP contribution is 2.36. The summed E-state index contributed by atoms with van der Waals surface area (Å²) in [6, 6.07) is 42.6. The molecule has 0 spiro atoms. The number of pyridine rings is 1. The molecule has 170 valence electrons. The lowest BCUT2D eigenvalue weighted by Gasteiger charge is -2.08. The summed E-state index contributed by atoms with van der Waals surface area (Å²) in [5.41, 5.74) is 7.53. The van der Waals surface area contributed by atoms with Crippen molar-refractivity contribution in [2.75, 3.05) is 0 Å². The molecule has 0 aliphatic carbocycles. The molecule has 36 heavy (non-hydrogen) atoms. The first-order valence-corrected chi connectivity index (χ1v) is 13.5. The summed E-state index contributed by atoms with van der Waals surface area (Å²) in [6.07, 6.45) is 0. The molecule has 0 bridgehead atoms. The van der Waals surface area contributed by atoms with Crippen LogP contribution in [-0.4, -0.2) is 9.97 Å². The third-order valence-corrected chi connectivity index (χ3v) is 8.57. The van der Waals surface area contributed by atoms with Crippen molar-refractivity contribution in [2.24, 2.45) is 0 Å². The van der Waals surface area contributed by atoms with Gasteiger partial charge in [0.25, 0.3) is 0 Å². The summed E-state index contributed by atoms with van der Waals surface area (Å²) < 4.78 is 2.52. The molecule has 2 nitrogen and oxygen atoms in total. The predicted molar refractivity (Wildman–Crippen MR) is 155 cm³/mol. The van der Waals surface area contributed by atoms with E-state index in [1.165, 1.54) is 25.2 Å². The van der Waals surface area contributed by atoms with E-state index in [4.69, 9.17) is 9.97 Å². The van der Waals surface area contributed by atoms with Gasteiger partial charge in [-0.1, -0.05) is 72.8 Å². The smallest absolute Gasteiger partial charge is 0.124 e. The number of aromatic nitrogens is 2. The van der Waals surface area contributed by atoms with Crippen molar-refractivity contribution < 1.29 is 0 Å². The van der Waals surface area contributed by atoms with Gasteiger partial charge in [-0.3, -0.25) is 0 Å². The Morgan fingerprint density at radius 1 is 0.444 bits per heavy atom. The molecule has 0 unspecified atom stereocenters. The van der Waals surface area contributed by atoms with Gasteiger partial charge in [0.1, 0.15) is 5.01 Å². The van der Waals surface area contributed by atoms with Gasteiger partial charge in [0.15, 0.2) is 0 Å². The zero-order valence-corrected chi connectivity index (χ0v) is 20.9. The molecule has 0 aliphatic heterocycles. The van der Waals surface area contributed by atoms with Gasteiger partial charge in [-0.2, -0.15) is 0 Å². The summed E-state index contributed by atoms with van der Waals surface area (Å²) in [6.45, 7) is 0. The maximum Gasteiger partial charge on any atom is 0.124 e. The Morgan fingerprint density at radius 2 is 1.08 bits per heavy atom. The first-order chi connectivity index (χ1) is 17.8. The first-order valence-electron chi connectivity index (χ1n) is 11.8. The molecular formula is C32H20N2S2. The minimum Gasteiger partial charge on any atom is -0.248 e. The Labute approximate surface area is 217 Å². The number of nitrogens with zero attached hydrogens (tertiary/aromatic N) is 2. The van der Waals surface area contributed by atoms with Gasteiger partial charge < -0.3 is 0 Å². The summed E-state index contributed by atoms with van der Waals surface area (Å²) in [5.74, 6) is 0. The molecule has 7 rings (SSSR count). The molecule has 0 N–H and O–H groups in total. The average Bonchev–Trinajstić information content (AvgIpc) is 3.58. The lowest BCUT2D eigenvalue weighted by Crippen LogP contribution is -1.89. The van der Waals surface area contributed by atoms with Crippen LogP contribution in [0, 0.1) is 0 Å². The number of hydrogen-bond donors (Lipinski definition) is 0. The van der Waals surface area contributed by atoms with E-state index in [0.717, 1.165) is 38.6 Å². The number of fused-ring (bicyclic) bond motifs is 2. The number of benzene rings is 4. The Balaban J connectivity index is 1.24. The van der Waals surface area contributed by atoms with Crippen LogP contribution in [0.25, 0.3) is 63.8 Å². The summed E-state index contributed by atoms with van der Waals surface area (Å²) in [4.78, 5) is 11.2. The molecule has 0 fully saturated rings. The van der Waals surface area contributed by atoms with E-state index in [-0.39, 0.29) is 0 Å². The molecule has 7 aromatic rings. The highest BCUT2D eigenvalue weighted by molar-refractivity contribution is 7.22. The van der Waals surface area contributed by atoms with Gasteiger partial charge in [0.2, 0.25) is 0 Å². The second-order valence-electron chi connectivity index (χ2n) is 8.70. The fourth-order valence-corrected chi connectivity index (χ4v) is 6.54. The Bertz CT molecular complexity index is 1660. The summed E-state index contributed by atoms with van der Waals surface area (Å²) >= 11 is 3.55. The maximum atomic E-state index is 5.05. The number of hydrogen-bond acceptors (Lipinski definition) is 4. The third kappa shape index (κ3) is 3.91. The van der Waals surface area contributed by atoms with E-state index in [2.05, 4.69) is 115 Å². The number of thiazole rings is 1. The molecule has 0 amide bonds. The van der Waals surface area contributed by atoms with E-state index < -0.39 is 0 Å². The van der Waals surface area contributed by atoms with E-state index >= 15 is 0 Å².